The Kier molecular flexibility index (Phi) is 11.4. The van der Waals surface area contributed by atoms with Crippen molar-refractivity contribution in [1.82, 2.24) is 4.90 Å². The highest BCUT2D eigenvalue weighted by Crippen LogP contribution is 2.31. The molecule has 1 saturated heterocycles. The van der Waals surface area contributed by atoms with Gasteiger partial charge >= 0.3 is 23.9 Å². The van der Waals surface area contributed by atoms with E-state index in [1.165, 1.54) is 27.7 Å². The molecular formula is C18H27Cl2NO9. The van der Waals surface area contributed by atoms with Gasteiger partial charge in [-0.25, -0.2) is 0 Å². The van der Waals surface area contributed by atoms with Gasteiger partial charge in [-0.3, -0.25) is 24.1 Å². The van der Waals surface area contributed by atoms with Crippen molar-refractivity contribution in [3.63, 3.8) is 0 Å². The second-order valence-electron chi connectivity index (χ2n) is 6.51. The molecule has 0 saturated carbocycles. The molecule has 0 radical (unpaired) electrons. The van der Waals surface area contributed by atoms with E-state index in [0.29, 0.717) is 13.1 Å². The lowest BCUT2D eigenvalue weighted by atomic mass is 9.94. The van der Waals surface area contributed by atoms with Gasteiger partial charge in [0.05, 0.1) is 0 Å². The van der Waals surface area contributed by atoms with Gasteiger partial charge in [0.15, 0.2) is 12.2 Å². The standard InChI is InChI=1S/C18H27Cl2NO9/c1-10(22)26-9-14-16(27-11(2)23)17(28-12(3)24)15(18(30-14)29-13(4)25)21(7-5-19)8-6-20/h14-18H,5-9H2,1-4H3/t14-,15+,16-,17-,18-/m1/s1. The number of nitrogens with zero attached hydrogens (tertiary/aromatic N) is 1. The average molecular weight is 472 g/mol. The van der Waals surface area contributed by atoms with Crippen LogP contribution in [0.3, 0.4) is 0 Å². The van der Waals surface area contributed by atoms with E-state index >= 15 is 0 Å². The molecule has 172 valence electrons. The van der Waals surface area contributed by atoms with E-state index in [-0.39, 0.29) is 18.4 Å². The monoisotopic (exact) mass is 471 g/mol. The maximum Gasteiger partial charge on any atom is 0.304 e. The topological polar surface area (TPSA) is 118 Å². The lowest BCUT2D eigenvalue weighted by Crippen LogP contribution is -2.67. The summed E-state index contributed by atoms with van der Waals surface area (Å²) in [5.74, 6) is -2.18. The van der Waals surface area contributed by atoms with E-state index in [2.05, 4.69) is 0 Å². The molecule has 1 rings (SSSR count). The smallest absolute Gasteiger partial charge is 0.304 e. The molecule has 0 aromatic heterocycles. The Morgan fingerprint density at radius 1 is 0.800 bits per heavy atom. The highest BCUT2D eigenvalue weighted by Gasteiger charge is 2.53. The summed E-state index contributed by atoms with van der Waals surface area (Å²) in [6, 6.07) is -0.881. The summed E-state index contributed by atoms with van der Waals surface area (Å²) in [6.45, 7) is 5.01. The summed E-state index contributed by atoms with van der Waals surface area (Å²) in [7, 11) is 0. The third kappa shape index (κ3) is 8.25. The van der Waals surface area contributed by atoms with Crippen molar-refractivity contribution in [3.05, 3.63) is 0 Å². The van der Waals surface area contributed by atoms with Gasteiger partial charge in [0.1, 0.15) is 18.8 Å². The van der Waals surface area contributed by atoms with Crippen LogP contribution in [0.2, 0.25) is 0 Å². The molecule has 0 bridgehead atoms. The first-order chi connectivity index (χ1) is 14.1. The van der Waals surface area contributed by atoms with Crippen LogP contribution in [0.5, 0.6) is 0 Å². The van der Waals surface area contributed by atoms with E-state index in [1.54, 1.807) is 4.90 Å². The largest absolute Gasteiger partial charge is 0.463 e. The molecule has 1 aliphatic rings. The lowest BCUT2D eigenvalue weighted by molar-refractivity contribution is -0.285. The number of halogens is 2. The zero-order chi connectivity index (χ0) is 22.8. The second kappa shape index (κ2) is 12.9. The van der Waals surface area contributed by atoms with Crippen LogP contribution in [0, 0.1) is 0 Å². The minimum atomic E-state index is -1.23. The SMILES string of the molecule is CC(=O)OC[C@H]1O[C@@H](OC(C)=O)[C@@H](N(CCCl)CCCl)[C@@H](OC(C)=O)[C@@H]1OC(C)=O. The van der Waals surface area contributed by atoms with Gasteiger partial charge in [-0.05, 0) is 0 Å². The number of esters is 4. The molecule has 5 atom stereocenters. The number of rotatable bonds is 10. The molecule has 0 amide bonds. The zero-order valence-electron chi connectivity index (χ0n) is 17.3. The van der Waals surface area contributed by atoms with E-state index in [9.17, 15) is 19.2 Å². The Labute approximate surface area is 185 Å². The number of carbonyl (C=O) groups is 4. The van der Waals surface area contributed by atoms with Gasteiger partial charge in [0, 0.05) is 52.5 Å². The van der Waals surface area contributed by atoms with Crippen LogP contribution < -0.4 is 0 Å². The molecule has 30 heavy (non-hydrogen) atoms. The molecule has 0 unspecified atom stereocenters. The molecule has 0 aromatic rings. The molecule has 0 spiro atoms. The number of carbonyl (C=O) groups excluding carboxylic acids is 4. The molecular weight excluding hydrogens is 445 g/mol. The normalized spacial score (nSPS) is 26.0. The molecule has 12 heteroatoms. The molecule has 0 aromatic carbocycles. The summed E-state index contributed by atoms with van der Waals surface area (Å²) in [5.41, 5.74) is 0. The summed E-state index contributed by atoms with van der Waals surface area (Å²) in [5, 5.41) is 0. The molecule has 1 aliphatic heterocycles. The van der Waals surface area contributed by atoms with E-state index in [4.69, 9.17) is 46.9 Å². The van der Waals surface area contributed by atoms with Crippen molar-refractivity contribution in [2.75, 3.05) is 31.5 Å². The Morgan fingerprint density at radius 3 is 1.73 bits per heavy atom. The van der Waals surface area contributed by atoms with Gasteiger partial charge in [-0.2, -0.15) is 0 Å². The van der Waals surface area contributed by atoms with Crippen LogP contribution in [0.15, 0.2) is 0 Å². The fourth-order valence-corrected chi connectivity index (χ4v) is 3.59. The highest BCUT2D eigenvalue weighted by molar-refractivity contribution is 6.18. The van der Waals surface area contributed by atoms with Crippen molar-refractivity contribution >= 4 is 47.1 Å². The van der Waals surface area contributed by atoms with Crippen LogP contribution in [-0.2, 0) is 42.9 Å². The second-order valence-corrected chi connectivity index (χ2v) is 7.26. The van der Waals surface area contributed by atoms with E-state index in [0.717, 1.165) is 0 Å². The maximum atomic E-state index is 11.9. The van der Waals surface area contributed by atoms with Crippen molar-refractivity contribution in [3.8, 4) is 0 Å². The summed E-state index contributed by atoms with van der Waals surface area (Å²) >= 11 is 11.8. The minimum Gasteiger partial charge on any atom is -0.463 e. The van der Waals surface area contributed by atoms with Crippen molar-refractivity contribution in [2.45, 2.75) is 58.3 Å². The third-order valence-electron chi connectivity index (χ3n) is 4.12. The Bertz CT molecular complexity index is 612. The van der Waals surface area contributed by atoms with E-state index < -0.39 is 54.5 Å². The molecule has 0 N–H and O–H groups in total. The maximum absolute atomic E-state index is 11.9. The molecule has 10 nitrogen and oxygen atoms in total. The first-order valence-electron chi connectivity index (χ1n) is 9.27. The van der Waals surface area contributed by atoms with Crippen molar-refractivity contribution in [2.24, 2.45) is 0 Å². The fraction of sp³-hybridized carbons (Fsp3) is 0.778. The predicted octanol–water partition coefficient (Wildman–Crippen LogP) is 0.849. The first kappa shape index (κ1) is 26.4. The van der Waals surface area contributed by atoms with Crippen LogP contribution in [0.25, 0.3) is 0 Å². The van der Waals surface area contributed by atoms with Gasteiger partial charge < -0.3 is 23.7 Å². The van der Waals surface area contributed by atoms with Crippen LogP contribution in [0.1, 0.15) is 27.7 Å². The van der Waals surface area contributed by atoms with Crippen LogP contribution in [-0.4, -0.2) is 90.9 Å². The average Bonchev–Trinajstić information content (AvgIpc) is 2.61. The summed E-state index contributed by atoms with van der Waals surface area (Å²) in [6.07, 6.45) is -4.55. The lowest BCUT2D eigenvalue weighted by Gasteiger charge is -2.48. The van der Waals surface area contributed by atoms with Gasteiger partial charge in [-0.1, -0.05) is 0 Å². The summed E-state index contributed by atoms with van der Waals surface area (Å²) in [4.78, 5) is 48.3. The Morgan fingerprint density at radius 2 is 1.30 bits per heavy atom. The predicted molar refractivity (Wildman–Crippen MR) is 105 cm³/mol. The van der Waals surface area contributed by atoms with Gasteiger partial charge in [-0.15, -0.1) is 23.2 Å². The zero-order valence-corrected chi connectivity index (χ0v) is 18.8. The Hall–Kier alpha value is -1.62. The summed E-state index contributed by atoms with van der Waals surface area (Å²) < 4.78 is 27.0. The number of ether oxygens (including phenoxy) is 5. The number of hydrogen-bond acceptors (Lipinski definition) is 10. The highest BCUT2D eigenvalue weighted by atomic mass is 35.5. The van der Waals surface area contributed by atoms with Crippen LogP contribution >= 0.6 is 23.2 Å². The molecule has 1 heterocycles. The molecule has 0 aliphatic carbocycles. The van der Waals surface area contributed by atoms with Crippen molar-refractivity contribution in [1.29, 1.82) is 0 Å². The van der Waals surface area contributed by atoms with Gasteiger partial charge in [0.25, 0.3) is 0 Å². The van der Waals surface area contributed by atoms with E-state index in [1.807, 2.05) is 0 Å². The van der Waals surface area contributed by atoms with Crippen molar-refractivity contribution < 1.29 is 42.9 Å². The minimum absolute atomic E-state index is 0.197. The van der Waals surface area contributed by atoms with Gasteiger partial charge in [0.2, 0.25) is 6.29 Å². The number of alkyl halides is 2. The quantitative estimate of drug-likeness (QED) is 0.257. The fourth-order valence-electron chi connectivity index (χ4n) is 3.16. The number of hydrogen-bond donors (Lipinski definition) is 0. The van der Waals surface area contributed by atoms with Crippen LogP contribution in [0.4, 0.5) is 0 Å². The molecule has 1 fully saturated rings. The first-order valence-corrected chi connectivity index (χ1v) is 10.3. The third-order valence-corrected chi connectivity index (χ3v) is 4.45. The Balaban J connectivity index is 3.43.